The predicted molar refractivity (Wildman–Crippen MR) is 427 cm³/mol. The number of aliphatic hydroxyl groups excluding tert-OH is 1. The van der Waals surface area contributed by atoms with E-state index in [2.05, 4.69) is 161 Å². The number of hydrogen-bond donors (Lipinski definition) is 3. The summed E-state index contributed by atoms with van der Waals surface area (Å²) in [5.74, 6) is -2.38. The Morgan fingerprint density at radius 3 is 0.865 bits per heavy atom. The van der Waals surface area contributed by atoms with Gasteiger partial charge < -0.3 is 33.8 Å². The SMILES string of the molecule is CC/C=C\C/C=C\C/C=C\C/C=C\C/C=C\CCCCCC(=O)OCC(COP(=O)(O)OCC(O)COP(=O)(O)OCC(COC(=O)C/C=C\C/C=C\C/C=C\C/C=C\C/C=C\CC)OC(=O)CCCCCCCCCCCCCCCCC)OC(=O)CCCCCCC/C=C\C/C=C\C/C=C\CC. The van der Waals surface area contributed by atoms with Crippen LogP contribution in [0.2, 0.25) is 0 Å². The van der Waals surface area contributed by atoms with E-state index < -0.39 is 97.5 Å². The standard InChI is InChI=1S/C85H140O17P2/c1-5-9-13-17-21-25-29-33-37-38-39-40-44-46-50-54-58-62-66-70-83(88)96-76-81(102-85(90)72-68-64-60-56-52-48-43-36-32-28-24-20-16-12-8-4)78-100-104(93,94)98-74-79(86)73-97-103(91,92)99-77-80(101-84(89)71-67-63-59-55-51-47-42-35-31-27-23-19-15-11-7-3)75-95-82(87)69-65-61-57-53-49-45-41-34-30-26-22-18-14-10-6-2/h9-10,12-14,16,21-22,24-26,28,33-34,36-37,39-41,43,46,49-50,53,61,65,79-81,86H,5-8,11,15,17-20,23,27,29-32,35,38,42,44-45,47-48,51-52,54-60,62-64,66-78H2,1-4H3,(H,91,92)(H,93,94)/b13-9-,14-10-,16-12-,25-21-,26-22-,28-24-,37-33-,40-39-,41-34-,43-36-,50-46-,53-49-,65-61-. The molecule has 0 spiro atoms. The maximum absolute atomic E-state index is 13.1. The van der Waals surface area contributed by atoms with Gasteiger partial charge in [-0.1, -0.05) is 301 Å². The Labute approximate surface area is 629 Å². The lowest BCUT2D eigenvalue weighted by Gasteiger charge is -2.21. The maximum Gasteiger partial charge on any atom is 0.472 e. The molecule has 0 aromatic carbocycles. The number of phosphoric acid groups is 2. The fraction of sp³-hybridized carbons (Fsp3) is 0.647. The summed E-state index contributed by atoms with van der Waals surface area (Å²) in [6.45, 7) is 4.37. The van der Waals surface area contributed by atoms with Crippen molar-refractivity contribution in [2.24, 2.45) is 0 Å². The van der Waals surface area contributed by atoms with Gasteiger partial charge in [-0.2, -0.15) is 0 Å². The molecule has 5 atom stereocenters. The van der Waals surface area contributed by atoms with Gasteiger partial charge in [0.2, 0.25) is 0 Å². The van der Waals surface area contributed by atoms with Crippen LogP contribution in [0.4, 0.5) is 0 Å². The summed E-state index contributed by atoms with van der Waals surface area (Å²) in [5, 5.41) is 10.6. The van der Waals surface area contributed by atoms with Crippen LogP contribution in [0.3, 0.4) is 0 Å². The summed E-state index contributed by atoms with van der Waals surface area (Å²) in [4.78, 5) is 73.0. The average molecular weight is 1500 g/mol. The fourth-order valence-electron chi connectivity index (χ4n) is 10.1. The number of aliphatic hydroxyl groups is 1. The second-order valence-corrected chi connectivity index (χ2v) is 28.8. The largest absolute Gasteiger partial charge is 0.472 e. The van der Waals surface area contributed by atoms with Gasteiger partial charge >= 0.3 is 39.5 Å². The number of carbonyl (C=O) groups excluding carboxylic acids is 4. The monoisotopic (exact) mass is 1490 g/mol. The number of hydrogen-bond acceptors (Lipinski definition) is 15. The molecule has 0 fully saturated rings. The lowest BCUT2D eigenvalue weighted by molar-refractivity contribution is -0.161. The molecule has 0 rings (SSSR count). The number of esters is 4. The molecule has 19 heteroatoms. The first kappa shape index (κ1) is 98.7. The van der Waals surface area contributed by atoms with Crippen molar-refractivity contribution in [1.82, 2.24) is 0 Å². The number of allylic oxidation sites excluding steroid dienone is 25. The topological polar surface area (TPSA) is 237 Å². The highest BCUT2D eigenvalue weighted by molar-refractivity contribution is 7.47. The van der Waals surface area contributed by atoms with E-state index in [9.17, 15) is 43.2 Å². The van der Waals surface area contributed by atoms with Crippen LogP contribution in [0.25, 0.3) is 0 Å². The lowest BCUT2D eigenvalue weighted by Crippen LogP contribution is -2.30. The van der Waals surface area contributed by atoms with Crippen molar-refractivity contribution in [2.75, 3.05) is 39.6 Å². The molecule has 104 heavy (non-hydrogen) atoms. The predicted octanol–water partition coefficient (Wildman–Crippen LogP) is 23.2. The number of unbranched alkanes of at least 4 members (excludes halogenated alkanes) is 22. The Balaban J connectivity index is 5.47. The van der Waals surface area contributed by atoms with Crippen LogP contribution in [-0.4, -0.2) is 96.7 Å². The van der Waals surface area contributed by atoms with E-state index in [1.54, 1.807) is 6.08 Å². The van der Waals surface area contributed by atoms with Crippen LogP contribution >= 0.6 is 15.6 Å². The number of rotatable bonds is 73. The second-order valence-electron chi connectivity index (χ2n) is 25.9. The third kappa shape index (κ3) is 74.9. The van der Waals surface area contributed by atoms with Crippen LogP contribution in [0.5, 0.6) is 0 Å². The minimum Gasteiger partial charge on any atom is -0.462 e. The van der Waals surface area contributed by atoms with Gasteiger partial charge in [0.05, 0.1) is 32.8 Å². The number of carbonyl (C=O) groups is 4. The zero-order valence-corrected chi connectivity index (χ0v) is 66.4. The van der Waals surface area contributed by atoms with Gasteiger partial charge in [0.1, 0.15) is 19.3 Å². The molecule has 0 radical (unpaired) electrons. The van der Waals surface area contributed by atoms with Crippen molar-refractivity contribution >= 4 is 39.5 Å². The number of ether oxygens (including phenoxy) is 4. The minimum atomic E-state index is -5.00. The molecule has 5 unspecified atom stereocenters. The third-order valence-corrected chi connectivity index (χ3v) is 17.9. The quantitative estimate of drug-likeness (QED) is 0.0169. The molecule has 0 aliphatic heterocycles. The zero-order chi connectivity index (χ0) is 76.0. The number of phosphoric ester groups is 2. The molecule has 0 aromatic rings. The zero-order valence-electron chi connectivity index (χ0n) is 64.6. The van der Waals surface area contributed by atoms with Gasteiger partial charge in [0.25, 0.3) is 0 Å². The Hall–Kier alpha value is -5.32. The summed E-state index contributed by atoms with van der Waals surface area (Å²) >= 11 is 0. The summed E-state index contributed by atoms with van der Waals surface area (Å²) in [6.07, 6.45) is 88.3. The van der Waals surface area contributed by atoms with Gasteiger partial charge in [-0.05, 0) is 128 Å². The Kier molecular flexibility index (Phi) is 72.0. The van der Waals surface area contributed by atoms with Crippen molar-refractivity contribution in [3.63, 3.8) is 0 Å². The van der Waals surface area contributed by atoms with Gasteiger partial charge in [-0.25, -0.2) is 9.13 Å². The average Bonchev–Trinajstić information content (AvgIpc) is 0.918. The fourth-order valence-corrected chi connectivity index (χ4v) is 11.7. The van der Waals surface area contributed by atoms with Gasteiger partial charge in [-0.3, -0.25) is 37.3 Å². The molecule has 0 bridgehead atoms. The van der Waals surface area contributed by atoms with E-state index >= 15 is 0 Å². The first-order valence-electron chi connectivity index (χ1n) is 39.7. The molecule has 592 valence electrons. The molecular weight excluding hydrogens is 1350 g/mol. The molecule has 0 aromatic heterocycles. The molecule has 0 saturated heterocycles. The van der Waals surface area contributed by atoms with Gasteiger partial charge in [0.15, 0.2) is 12.2 Å². The van der Waals surface area contributed by atoms with Crippen LogP contribution in [-0.2, 0) is 65.4 Å². The molecular formula is C85H140O17P2. The van der Waals surface area contributed by atoms with E-state index in [1.165, 1.54) is 64.2 Å². The van der Waals surface area contributed by atoms with Gasteiger partial charge in [-0.15, -0.1) is 0 Å². The van der Waals surface area contributed by atoms with E-state index in [0.29, 0.717) is 25.7 Å². The minimum absolute atomic E-state index is 0.0607. The van der Waals surface area contributed by atoms with Crippen molar-refractivity contribution in [1.29, 1.82) is 0 Å². The van der Waals surface area contributed by atoms with Crippen molar-refractivity contribution < 1.29 is 80.2 Å². The highest BCUT2D eigenvalue weighted by Gasteiger charge is 2.30. The molecule has 0 saturated carbocycles. The third-order valence-electron chi connectivity index (χ3n) is 16.0. The summed E-state index contributed by atoms with van der Waals surface area (Å²) in [7, 11) is -10.0. The smallest absolute Gasteiger partial charge is 0.462 e. The van der Waals surface area contributed by atoms with Crippen LogP contribution in [0.1, 0.15) is 297 Å². The molecule has 0 aliphatic carbocycles. The van der Waals surface area contributed by atoms with Gasteiger partial charge in [0, 0.05) is 19.3 Å². The summed E-state index contributed by atoms with van der Waals surface area (Å²) < 4.78 is 68.4. The van der Waals surface area contributed by atoms with Crippen molar-refractivity contribution in [3.8, 4) is 0 Å². The Bertz CT molecular complexity index is 2590. The van der Waals surface area contributed by atoms with E-state index in [0.717, 1.165) is 154 Å². The second kappa shape index (κ2) is 75.9. The maximum atomic E-state index is 13.1. The molecule has 0 amide bonds. The molecule has 17 nitrogen and oxygen atoms in total. The highest BCUT2D eigenvalue weighted by Crippen LogP contribution is 2.45. The molecule has 0 heterocycles. The van der Waals surface area contributed by atoms with E-state index in [-0.39, 0.29) is 25.7 Å². The molecule has 0 aliphatic rings. The van der Waals surface area contributed by atoms with Crippen LogP contribution < -0.4 is 0 Å². The first-order chi connectivity index (χ1) is 50.7. The van der Waals surface area contributed by atoms with E-state index in [4.69, 9.17) is 37.0 Å². The Morgan fingerprint density at radius 2 is 0.538 bits per heavy atom. The van der Waals surface area contributed by atoms with Crippen molar-refractivity contribution in [3.05, 3.63) is 158 Å². The van der Waals surface area contributed by atoms with Crippen molar-refractivity contribution in [2.45, 2.75) is 316 Å². The van der Waals surface area contributed by atoms with E-state index in [1.807, 2.05) is 18.2 Å². The van der Waals surface area contributed by atoms with Crippen LogP contribution in [0, 0.1) is 0 Å². The first-order valence-corrected chi connectivity index (χ1v) is 42.7. The molecule has 3 N–H and O–H groups in total. The normalized spacial score (nSPS) is 14.7. The summed E-state index contributed by atoms with van der Waals surface area (Å²) in [5.41, 5.74) is 0. The highest BCUT2D eigenvalue weighted by atomic mass is 31.2. The van der Waals surface area contributed by atoms with Crippen LogP contribution in [0.15, 0.2) is 158 Å². The lowest BCUT2D eigenvalue weighted by atomic mass is 10.0. The Morgan fingerprint density at radius 1 is 0.288 bits per heavy atom. The summed E-state index contributed by atoms with van der Waals surface area (Å²) in [6, 6.07) is 0.